The monoisotopic (exact) mass is 333 g/mol. The standard InChI is InChI=1S/C19H19N5O/c1-23-13-21-18(22-23)14-6-8-15(9-7-14)19(25)24-11-10-20-12-16-4-2-3-5-17(16)24/h2-9,13,20H,10-12H2,1H3. The van der Waals surface area contributed by atoms with Crippen molar-refractivity contribution in [2.24, 2.45) is 7.05 Å². The van der Waals surface area contributed by atoms with Crippen molar-refractivity contribution in [1.29, 1.82) is 0 Å². The summed E-state index contributed by atoms with van der Waals surface area (Å²) in [7, 11) is 1.83. The molecule has 0 radical (unpaired) electrons. The maximum Gasteiger partial charge on any atom is 0.258 e. The number of anilines is 1. The number of amides is 1. The van der Waals surface area contributed by atoms with E-state index in [2.05, 4.69) is 21.5 Å². The maximum absolute atomic E-state index is 13.0. The average Bonchev–Trinajstić information content (AvgIpc) is 2.97. The molecule has 0 fully saturated rings. The van der Waals surface area contributed by atoms with E-state index < -0.39 is 0 Å². The highest BCUT2D eigenvalue weighted by atomic mass is 16.2. The van der Waals surface area contributed by atoms with Gasteiger partial charge in [0.15, 0.2) is 5.82 Å². The van der Waals surface area contributed by atoms with Crippen LogP contribution in [0.3, 0.4) is 0 Å². The van der Waals surface area contributed by atoms with Crippen molar-refractivity contribution in [3.63, 3.8) is 0 Å². The molecule has 2 heterocycles. The molecule has 0 saturated heterocycles. The van der Waals surface area contributed by atoms with Crippen LogP contribution in [0.25, 0.3) is 11.4 Å². The molecule has 1 N–H and O–H groups in total. The van der Waals surface area contributed by atoms with Gasteiger partial charge in [0, 0.05) is 43.5 Å². The van der Waals surface area contributed by atoms with Crippen molar-refractivity contribution in [2.75, 3.05) is 18.0 Å². The first kappa shape index (κ1) is 15.5. The Morgan fingerprint density at radius 1 is 1.12 bits per heavy atom. The number of carbonyl (C=O) groups excluding carboxylic acids is 1. The third-order valence-corrected chi connectivity index (χ3v) is 4.34. The van der Waals surface area contributed by atoms with Gasteiger partial charge in [0.25, 0.3) is 5.91 Å². The van der Waals surface area contributed by atoms with Gasteiger partial charge in [0.05, 0.1) is 0 Å². The molecule has 1 aromatic heterocycles. The van der Waals surface area contributed by atoms with Crippen LogP contribution in [0.2, 0.25) is 0 Å². The highest BCUT2D eigenvalue weighted by molar-refractivity contribution is 6.06. The van der Waals surface area contributed by atoms with Gasteiger partial charge in [0.2, 0.25) is 0 Å². The molecule has 6 nitrogen and oxygen atoms in total. The topological polar surface area (TPSA) is 63.1 Å². The summed E-state index contributed by atoms with van der Waals surface area (Å²) in [5.74, 6) is 0.669. The summed E-state index contributed by atoms with van der Waals surface area (Å²) in [6.45, 7) is 2.21. The fourth-order valence-corrected chi connectivity index (χ4v) is 3.06. The van der Waals surface area contributed by atoms with Crippen molar-refractivity contribution in [2.45, 2.75) is 6.54 Å². The van der Waals surface area contributed by atoms with E-state index in [-0.39, 0.29) is 5.91 Å². The van der Waals surface area contributed by atoms with Gasteiger partial charge in [-0.1, -0.05) is 30.3 Å². The van der Waals surface area contributed by atoms with Crippen molar-refractivity contribution in [3.05, 3.63) is 66.0 Å². The Morgan fingerprint density at radius 2 is 1.92 bits per heavy atom. The molecule has 1 aliphatic rings. The van der Waals surface area contributed by atoms with Gasteiger partial charge in [0.1, 0.15) is 6.33 Å². The van der Waals surface area contributed by atoms with Gasteiger partial charge >= 0.3 is 0 Å². The number of benzene rings is 2. The summed E-state index contributed by atoms with van der Waals surface area (Å²) in [6.07, 6.45) is 1.66. The Balaban J connectivity index is 1.63. The molecule has 0 aliphatic carbocycles. The molecule has 0 bridgehead atoms. The zero-order valence-corrected chi connectivity index (χ0v) is 14.0. The minimum Gasteiger partial charge on any atom is -0.311 e. The van der Waals surface area contributed by atoms with Gasteiger partial charge in [-0.25, -0.2) is 4.98 Å². The lowest BCUT2D eigenvalue weighted by molar-refractivity contribution is 0.0987. The highest BCUT2D eigenvalue weighted by Crippen LogP contribution is 2.24. The predicted molar refractivity (Wildman–Crippen MR) is 96.3 cm³/mol. The first-order chi connectivity index (χ1) is 12.2. The molecular weight excluding hydrogens is 314 g/mol. The first-order valence-electron chi connectivity index (χ1n) is 8.29. The number of hydrogen-bond acceptors (Lipinski definition) is 4. The maximum atomic E-state index is 13.0. The predicted octanol–water partition coefficient (Wildman–Crippen LogP) is 2.23. The molecule has 1 amide bonds. The summed E-state index contributed by atoms with van der Waals surface area (Å²) in [5, 5.41) is 7.65. The van der Waals surface area contributed by atoms with E-state index in [1.54, 1.807) is 11.0 Å². The fraction of sp³-hybridized carbons (Fsp3) is 0.211. The molecule has 1 aliphatic heterocycles. The van der Waals surface area contributed by atoms with Crippen LogP contribution < -0.4 is 10.2 Å². The normalized spacial score (nSPS) is 14.0. The summed E-state index contributed by atoms with van der Waals surface area (Å²) in [5.41, 5.74) is 3.68. The molecule has 3 aromatic rings. The summed E-state index contributed by atoms with van der Waals surface area (Å²) >= 11 is 0. The summed E-state index contributed by atoms with van der Waals surface area (Å²) in [6, 6.07) is 15.5. The molecule has 0 unspecified atom stereocenters. The zero-order chi connectivity index (χ0) is 17.2. The van der Waals surface area contributed by atoms with Gasteiger partial charge in [-0.2, -0.15) is 5.10 Å². The molecule has 4 rings (SSSR count). The van der Waals surface area contributed by atoms with Gasteiger partial charge < -0.3 is 10.2 Å². The fourth-order valence-electron chi connectivity index (χ4n) is 3.06. The van der Waals surface area contributed by atoms with Crippen molar-refractivity contribution in [1.82, 2.24) is 20.1 Å². The van der Waals surface area contributed by atoms with Crippen LogP contribution in [0.4, 0.5) is 5.69 Å². The lowest BCUT2D eigenvalue weighted by Crippen LogP contribution is -2.34. The number of nitrogens with one attached hydrogen (secondary N) is 1. The first-order valence-corrected chi connectivity index (χ1v) is 8.29. The second-order valence-corrected chi connectivity index (χ2v) is 6.08. The van der Waals surface area contributed by atoms with E-state index in [0.29, 0.717) is 17.9 Å². The average molecular weight is 333 g/mol. The third-order valence-electron chi connectivity index (χ3n) is 4.34. The number of hydrogen-bond donors (Lipinski definition) is 1. The molecule has 25 heavy (non-hydrogen) atoms. The zero-order valence-electron chi connectivity index (χ0n) is 14.0. The number of aryl methyl sites for hydroxylation is 1. The van der Waals surface area contributed by atoms with Gasteiger partial charge in [-0.05, 0) is 23.8 Å². The Bertz CT molecular complexity index is 900. The Kier molecular flexibility index (Phi) is 4.03. The number of fused-ring (bicyclic) bond motifs is 1. The Morgan fingerprint density at radius 3 is 2.68 bits per heavy atom. The quantitative estimate of drug-likeness (QED) is 0.781. The number of nitrogens with zero attached hydrogens (tertiary/aromatic N) is 4. The molecular formula is C19H19N5O. The summed E-state index contributed by atoms with van der Waals surface area (Å²) < 4.78 is 1.66. The van der Waals surface area contributed by atoms with Crippen LogP contribution in [0, 0.1) is 0 Å². The third kappa shape index (κ3) is 3.04. The summed E-state index contributed by atoms with van der Waals surface area (Å²) in [4.78, 5) is 19.1. The SMILES string of the molecule is Cn1cnc(-c2ccc(C(=O)N3CCNCc4ccccc43)cc2)n1. The highest BCUT2D eigenvalue weighted by Gasteiger charge is 2.22. The van der Waals surface area contributed by atoms with Crippen molar-refractivity contribution < 1.29 is 4.79 Å². The second-order valence-electron chi connectivity index (χ2n) is 6.08. The van der Waals surface area contributed by atoms with Crippen LogP contribution >= 0.6 is 0 Å². The Hall–Kier alpha value is -2.99. The molecule has 0 atom stereocenters. The number of aromatic nitrogens is 3. The van der Waals surface area contributed by atoms with Crippen molar-refractivity contribution in [3.8, 4) is 11.4 Å². The van der Waals surface area contributed by atoms with E-state index in [0.717, 1.165) is 29.9 Å². The van der Waals surface area contributed by atoms with E-state index in [1.807, 2.05) is 54.4 Å². The number of carbonyl (C=O) groups is 1. The van der Waals surface area contributed by atoms with Crippen LogP contribution in [-0.4, -0.2) is 33.8 Å². The molecule has 2 aromatic carbocycles. The van der Waals surface area contributed by atoms with Gasteiger partial charge in [-0.15, -0.1) is 0 Å². The number of para-hydroxylation sites is 1. The molecule has 126 valence electrons. The van der Waals surface area contributed by atoms with E-state index in [4.69, 9.17) is 0 Å². The molecule has 6 heteroatoms. The van der Waals surface area contributed by atoms with Crippen LogP contribution in [0.5, 0.6) is 0 Å². The minimum absolute atomic E-state index is 0.0108. The lowest BCUT2D eigenvalue weighted by atomic mass is 10.1. The van der Waals surface area contributed by atoms with Crippen LogP contribution in [-0.2, 0) is 13.6 Å². The largest absolute Gasteiger partial charge is 0.311 e. The smallest absolute Gasteiger partial charge is 0.258 e. The minimum atomic E-state index is 0.0108. The van der Waals surface area contributed by atoms with E-state index in [9.17, 15) is 4.79 Å². The molecule has 0 saturated carbocycles. The van der Waals surface area contributed by atoms with E-state index >= 15 is 0 Å². The van der Waals surface area contributed by atoms with E-state index in [1.165, 1.54) is 0 Å². The molecule has 0 spiro atoms. The van der Waals surface area contributed by atoms with Crippen LogP contribution in [0.1, 0.15) is 15.9 Å². The Labute approximate surface area is 146 Å². The second kappa shape index (κ2) is 6.49. The van der Waals surface area contributed by atoms with Crippen LogP contribution in [0.15, 0.2) is 54.9 Å². The number of rotatable bonds is 2. The van der Waals surface area contributed by atoms with Gasteiger partial charge in [-0.3, -0.25) is 9.48 Å². The van der Waals surface area contributed by atoms with Crippen molar-refractivity contribution >= 4 is 11.6 Å². The lowest BCUT2D eigenvalue weighted by Gasteiger charge is -2.22.